The topological polar surface area (TPSA) is 39.2 Å². The van der Waals surface area contributed by atoms with Crippen molar-refractivity contribution in [3.8, 4) is 0 Å². The fourth-order valence-corrected chi connectivity index (χ4v) is 1.41. The number of hydrogen-bond donors (Lipinski definition) is 1. The molecule has 0 saturated carbocycles. The summed E-state index contributed by atoms with van der Waals surface area (Å²) in [5.74, 6) is 0.848. The van der Waals surface area contributed by atoms with Gasteiger partial charge in [-0.15, -0.1) is 0 Å². The van der Waals surface area contributed by atoms with Crippen molar-refractivity contribution in [2.75, 3.05) is 0 Å². The van der Waals surface area contributed by atoms with Gasteiger partial charge in [0.1, 0.15) is 11.3 Å². The van der Waals surface area contributed by atoms with Crippen LogP contribution in [0.5, 0.6) is 0 Å². The van der Waals surface area contributed by atoms with E-state index in [0.29, 0.717) is 0 Å². The lowest BCUT2D eigenvalue weighted by atomic mass is 10.2. The molecule has 2 N–H and O–H groups in total. The average molecular weight is 175 g/mol. The number of nitrogens with two attached hydrogens (primary N) is 1. The summed E-state index contributed by atoms with van der Waals surface area (Å²) in [5, 5.41) is 1.13. The molecule has 2 nitrogen and oxygen atoms in total. The second-order valence-electron chi connectivity index (χ2n) is 3.48. The third kappa shape index (κ3) is 1.45. The van der Waals surface area contributed by atoms with Gasteiger partial charge in [-0.3, -0.25) is 0 Å². The Balaban J connectivity index is 2.62. The molecule has 2 heteroatoms. The van der Waals surface area contributed by atoms with Crippen LogP contribution < -0.4 is 5.73 Å². The summed E-state index contributed by atoms with van der Waals surface area (Å²) in [5.41, 5.74) is 7.88. The van der Waals surface area contributed by atoms with Gasteiger partial charge in [0.05, 0.1) is 6.04 Å². The van der Waals surface area contributed by atoms with Gasteiger partial charge >= 0.3 is 0 Å². The number of fused-ring (bicyclic) bond motifs is 1. The van der Waals surface area contributed by atoms with Crippen molar-refractivity contribution in [2.24, 2.45) is 5.73 Å². The lowest BCUT2D eigenvalue weighted by Crippen LogP contribution is -2.02. The first-order chi connectivity index (χ1) is 6.16. The quantitative estimate of drug-likeness (QED) is 0.723. The van der Waals surface area contributed by atoms with E-state index < -0.39 is 0 Å². The first kappa shape index (κ1) is 8.32. The summed E-state index contributed by atoms with van der Waals surface area (Å²) in [6.07, 6.45) is 0. The zero-order chi connectivity index (χ0) is 9.42. The fourth-order valence-electron chi connectivity index (χ4n) is 1.41. The molecule has 68 valence electrons. The van der Waals surface area contributed by atoms with Gasteiger partial charge in [-0.25, -0.2) is 0 Å². The van der Waals surface area contributed by atoms with E-state index in [0.717, 1.165) is 16.7 Å². The first-order valence-corrected chi connectivity index (χ1v) is 4.42. The van der Waals surface area contributed by atoms with Crippen LogP contribution in [0.3, 0.4) is 0 Å². The number of aryl methyl sites for hydroxylation is 1. The van der Waals surface area contributed by atoms with Crippen LogP contribution in [0, 0.1) is 6.92 Å². The Kier molecular flexibility index (Phi) is 1.85. The zero-order valence-corrected chi connectivity index (χ0v) is 7.87. The highest BCUT2D eigenvalue weighted by Gasteiger charge is 2.06. The van der Waals surface area contributed by atoms with E-state index >= 15 is 0 Å². The van der Waals surface area contributed by atoms with E-state index in [2.05, 4.69) is 13.0 Å². The minimum Gasteiger partial charge on any atom is -0.459 e. The molecule has 0 amide bonds. The maximum Gasteiger partial charge on any atom is 0.134 e. The second-order valence-corrected chi connectivity index (χ2v) is 3.48. The van der Waals surface area contributed by atoms with Gasteiger partial charge in [-0.05, 0) is 32.0 Å². The third-order valence-electron chi connectivity index (χ3n) is 2.14. The van der Waals surface area contributed by atoms with Crippen molar-refractivity contribution < 1.29 is 4.42 Å². The van der Waals surface area contributed by atoms with E-state index in [4.69, 9.17) is 10.2 Å². The van der Waals surface area contributed by atoms with Crippen LogP contribution in [-0.2, 0) is 0 Å². The van der Waals surface area contributed by atoms with Crippen LogP contribution in [0.1, 0.15) is 24.3 Å². The first-order valence-electron chi connectivity index (χ1n) is 4.42. The molecule has 1 unspecified atom stereocenters. The molecule has 2 aromatic rings. The van der Waals surface area contributed by atoms with E-state index in [-0.39, 0.29) is 6.04 Å². The van der Waals surface area contributed by atoms with Crippen molar-refractivity contribution in [3.05, 3.63) is 35.6 Å². The van der Waals surface area contributed by atoms with E-state index in [1.807, 2.05) is 25.1 Å². The van der Waals surface area contributed by atoms with E-state index in [1.165, 1.54) is 5.56 Å². The molecule has 1 heterocycles. The fraction of sp³-hybridized carbons (Fsp3) is 0.273. The summed E-state index contributed by atoms with van der Waals surface area (Å²) in [6.45, 7) is 3.99. The molecule has 0 radical (unpaired) electrons. The number of hydrogen-bond acceptors (Lipinski definition) is 2. The Morgan fingerprint density at radius 2 is 2.08 bits per heavy atom. The molecule has 0 spiro atoms. The van der Waals surface area contributed by atoms with Crippen molar-refractivity contribution in [1.82, 2.24) is 0 Å². The Bertz CT molecular complexity index is 429. The highest BCUT2D eigenvalue weighted by atomic mass is 16.3. The Labute approximate surface area is 77.3 Å². The summed E-state index contributed by atoms with van der Waals surface area (Å²) >= 11 is 0. The lowest BCUT2D eigenvalue weighted by Gasteiger charge is -1.96. The SMILES string of the molecule is Cc1ccc2oc(C(C)N)cc2c1. The number of furan rings is 1. The summed E-state index contributed by atoms with van der Waals surface area (Å²) in [7, 11) is 0. The zero-order valence-electron chi connectivity index (χ0n) is 7.87. The number of benzene rings is 1. The molecule has 1 atom stereocenters. The second kappa shape index (κ2) is 2.89. The molecule has 0 aliphatic carbocycles. The van der Waals surface area contributed by atoms with Gasteiger partial charge in [0.15, 0.2) is 0 Å². The standard InChI is InChI=1S/C11H13NO/c1-7-3-4-10-9(5-7)6-11(13-10)8(2)12/h3-6,8H,12H2,1-2H3. The molecular weight excluding hydrogens is 162 g/mol. The maximum absolute atomic E-state index is 5.72. The average Bonchev–Trinajstić information content (AvgIpc) is 2.46. The Morgan fingerprint density at radius 1 is 1.31 bits per heavy atom. The molecule has 0 bridgehead atoms. The van der Waals surface area contributed by atoms with Crippen LogP contribution in [0.2, 0.25) is 0 Å². The molecule has 1 aromatic carbocycles. The van der Waals surface area contributed by atoms with E-state index in [9.17, 15) is 0 Å². The normalized spacial score (nSPS) is 13.5. The van der Waals surface area contributed by atoms with E-state index in [1.54, 1.807) is 0 Å². The Morgan fingerprint density at radius 3 is 2.77 bits per heavy atom. The van der Waals surface area contributed by atoms with Gasteiger partial charge in [0.2, 0.25) is 0 Å². The van der Waals surface area contributed by atoms with Crippen LogP contribution in [-0.4, -0.2) is 0 Å². The summed E-state index contributed by atoms with van der Waals surface area (Å²) in [4.78, 5) is 0. The van der Waals surface area contributed by atoms with Gasteiger partial charge in [0, 0.05) is 5.39 Å². The monoisotopic (exact) mass is 175 g/mol. The van der Waals surface area contributed by atoms with Crippen molar-refractivity contribution in [1.29, 1.82) is 0 Å². The molecule has 2 rings (SSSR count). The number of rotatable bonds is 1. The van der Waals surface area contributed by atoms with Gasteiger partial charge in [0.25, 0.3) is 0 Å². The molecule has 0 aliphatic rings. The third-order valence-corrected chi connectivity index (χ3v) is 2.14. The molecule has 0 fully saturated rings. The summed E-state index contributed by atoms with van der Waals surface area (Å²) in [6, 6.07) is 8.10. The van der Waals surface area contributed by atoms with Crippen LogP contribution in [0.15, 0.2) is 28.7 Å². The van der Waals surface area contributed by atoms with Crippen LogP contribution in [0.25, 0.3) is 11.0 Å². The van der Waals surface area contributed by atoms with Crippen molar-refractivity contribution in [3.63, 3.8) is 0 Å². The lowest BCUT2D eigenvalue weighted by molar-refractivity contribution is 0.513. The smallest absolute Gasteiger partial charge is 0.134 e. The van der Waals surface area contributed by atoms with Crippen LogP contribution >= 0.6 is 0 Å². The highest BCUT2D eigenvalue weighted by molar-refractivity contribution is 5.78. The minimum atomic E-state index is -0.0345. The van der Waals surface area contributed by atoms with Crippen molar-refractivity contribution in [2.45, 2.75) is 19.9 Å². The predicted molar refractivity (Wildman–Crippen MR) is 53.6 cm³/mol. The summed E-state index contributed by atoms with van der Waals surface area (Å²) < 4.78 is 5.56. The largest absolute Gasteiger partial charge is 0.459 e. The molecular formula is C11H13NO. The van der Waals surface area contributed by atoms with Gasteiger partial charge in [-0.2, -0.15) is 0 Å². The van der Waals surface area contributed by atoms with Gasteiger partial charge in [-0.1, -0.05) is 11.6 Å². The molecule has 1 aromatic heterocycles. The highest BCUT2D eigenvalue weighted by Crippen LogP contribution is 2.23. The molecule has 0 saturated heterocycles. The minimum absolute atomic E-state index is 0.0345. The molecule has 0 aliphatic heterocycles. The predicted octanol–water partition coefficient (Wildman–Crippen LogP) is 2.76. The van der Waals surface area contributed by atoms with Crippen LogP contribution in [0.4, 0.5) is 0 Å². The Hall–Kier alpha value is -1.28. The maximum atomic E-state index is 5.72. The van der Waals surface area contributed by atoms with Gasteiger partial charge < -0.3 is 10.2 Å². The van der Waals surface area contributed by atoms with Crippen molar-refractivity contribution >= 4 is 11.0 Å². The molecule has 13 heavy (non-hydrogen) atoms.